The third-order valence-electron chi connectivity index (χ3n) is 3.10. The zero-order chi connectivity index (χ0) is 15.6. The second-order valence-corrected chi connectivity index (χ2v) is 4.72. The fourth-order valence-electron chi connectivity index (χ4n) is 2.24. The first kappa shape index (κ1) is 15.1. The SMILES string of the molecule is Cc1cc([N+](=O)[O-])c(N(C)CC2OCCO2)c([N+](=O)[O-])c1. The number of ether oxygens (including phenoxy) is 2. The molecule has 0 N–H and O–H groups in total. The van der Waals surface area contributed by atoms with E-state index in [-0.39, 0.29) is 23.6 Å². The fourth-order valence-corrected chi connectivity index (χ4v) is 2.24. The lowest BCUT2D eigenvalue weighted by molar-refractivity contribution is -0.392. The van der Waals surface area contributed by atoms with Crippen LogP contribution in [0.4, 0.5) is 17.1 Å². The van der Waals surface area contributed by atoms with Crippen LogP contribution in [-0.4, -0.2) is 42.9 Å². The van der Waals surface area contributed by atoms with Crippen molar-refractivity contribution >= 4 is 17.1 Å². The first-order chi connectivity index (χ1) is 9.90. The molecule has 1 aromatic carbocycles. The van der Waals surface area contributed by atoms with Gasteiger partial charge in [0.1, 0.15) is 0 Å². The van der Waals surface area contributed by atoms with Gasteiger partial charge in [-0.15, -0.1) is 0 Å². The van der Waals surface area contributed by atoms with Gasteiger partial charge in [0.2, 0.25) is 0 Å². The Balaban J connectivity index is 2.42. The Kier molecular flexibility index (Phi) is 4.34. The Morgan fingerprint density at radius 3 is 2.10 bits per heavy atom. The smallest absolute Gasteiger partial charge is 0.299 e. The van der Waals surface area contributed by atoms with E-state index >= 15 is 0 Å². The Morgan fingerprint density at radius 2 is 1.67 bits per heavy atom. The number of likely N-dealkylation sites (N-methyl/N-ethyl adjacent to an activating group) is 1. The van der Waals surface area contributed by atoms with Gasteiger partial charge in [0.05, 0.1) is 29.6 Å². The molecule has 0 saturated carbocycles. The molecular weight excluding hydrogens is 282 g/mol. The number of aryl methyl sites for hydroxylation is 1. The summed E-state index contributed by atoms with van der Waals surface area (Å²) >= 11 is 0. The summed E-state index contributed by atoms with van der Waals surface area (Å²) in [6, 6.07) is 2.63. The van der Waals surface area contributed by atoms with Crippen LogP contribution in [0.15, 0.2) is 12.1 Å². The van der Waals surface area contributed by atoms with Gasteiger partial charge in [-0.05, 0) is 12.5 Å². The highest BCUT2D eigenvalue weighted by atomic mass is 16.7. The van der Waals surface area contributed by atoms with E-state index in [4.69, 9.17) is 9.47 Å². The van der Waals surface area contributed by atoms with Crippen molar-refractivity contribution in [3.8, 4) is 0 Å². The number of nitro groups is 2. The van der Waals surface area contributed by atoms with Gasteiger partial charge in [-0.25, -0.2) is 0 Å². The van der Waals surface area contributed by atoms with Crippen molar-refractivity contribution in [3.05, 3.63) is 37.9 Å². The molecule has 0 bridgehead atoms. The monoisotopic (exact) mass is 297 g/mol. The van der Waals surface area contributed by atoms with Gasteiger partial charge < -0.3 is 14.4 Å². The minimum Gasteiger partial charge on any atom is -0.358 e. The predicted molar refractivity (Wildman–Crippen MR) is 73.4 cm³/mol. The second-order valence-electron chi connectivity index (χ2n) is 4.72. The Bertz CT molecular complexity index is 535. The van der Waals surface area contributed by atoms with Crippen molar-refractivity contribution < 1.29 is 19.3 Å². The van der Waals surface area contributed by atoms with Crippen molar-refractivity contribution in [1.29, 1.82) is 0 Å². The zero-order valence-corrected chi connectivity index (χ0v) is 11.6. The van der Waals surface area contributed by atoms with E-state index in [1.807, 2.05) is 0 Å². The van der Waals surface area contributed by atoms with Gasteiger partial charge in [-0.3, -0.25) is 20.2 Å². The van der Waals surface area contributed by atoms with Crippen LogP contribution in [0.2, 0.25) is 0 Å². The number of hydrogen-bond acceptors (Lipinski definition) is 7. The Hall–Kier alpha value is -2.26. The van der Waals surface area contributed by atoms with Gasteiger partial charge in [-0.2, -0.15) is 0 Å². The predicted octanol–water partition coefficient (Wildman–Crippen LogP) is 1.62. The van der Waals surface area contributed by atoms with Crippen LogP contribution in [0.25, 0.3) is 0 Å². The molecule has 1 fully saturated rings. The topological polar surface area (TPSA) is 108 Å². The highest BCUT2D eigenvalue weighted by molar-refractivity contribution is 5.75. The van der Waals surface area contributed by atoms with Gasteiger partial charge >= 0.3 is 0 Å². The average Bonchev–Trinajstić information content (AvgIpc) is 2.90. The standard InChI is InChI=1S/C12H15N3O6/c1-8-5-9(14(16)17)12(10(6-8)15(18)19)13(2)7-11-20-3-4-21-11/h5-6,11H,3-4,7H2,1-2H3. The zero-order valence-electron chi connectivity index (χ0n) is 11.6. The summed E-state index contributed by atoms with van der Waals surface area (Å²) in [6.07, 6.45) is -0.546. The van der Waals surface area contributed by atoms with Gasteiger partial charge in [0.25, 0.3) is 11.4 Å². The Labute approximate surface area is 120 Å². The normalized spacial score (nSPS) is 15.1. The molecule has 21 heavy (non-hydrogen) atoms. The molecular formula is C12H15N3O6. The van der Waals surface area contributed by atoms with E-state index in [9.17, 15) is 20.2 Å². The molecule has 2 rings (SSSR count). The van der Waals surface area contributed by atoms with E-state index < -0.39 is 16.1 Å². The third-order valence-corrected chi connectivity index (χ3v) is 3.10. The summed E-state index contributed by atoms with van der Waals surface area (Å²) in [5.74, 6) is 0. The van der Waals surface area contributed by atoms with Crippen molar-refractivity contribution in [2.75, 3.05) is 31.7 Å². The lowest BCUT2D eigenvalue weighted by Crippen LogP contribution is -2.30. The fraction of sp³-hybridized carbons (Fsp3) is 0.500. The first-order valence-corrected chi connectivity index (χ1v) is 6.28. The molecule has 1 aromatic rings. The van der Waals surface area contributed by atoms with Crippen molar-refractivity contribution in [2.24, 2.45) is 0 Å². The lowest BCUT2D eigenvalue weighted by atomic mass is 10.1. The largest absolute Gasteiger partial charge is 0.358 e. The van der Waals surface area contributed by atoms with Crippen LogP contribution >= 0.6 is 0 Å². The molecule has 0 spiro atoms. The lowest BCUT2D eigenvalue weighted by Gasteiger charge is -2.21. The average molecular weight is 297 g/mol. The van der Waals surface area contributed by atoms with E-state index in [1.165, 1.54) is 24.1 Å². The van der Waals surface area contributed by atoms with Crippen LogP contribution in [0.5, 0.6) is 0 Å². The highest BCUT2D eigenvalue weighted by Crippen LogP contribution is 2.38. The van der Waals surface area contributed by atoms with Crippen LogP contribution in [-0.2, 0) is 9.47 Å². The first-order valence-electron chi connectivity index (χ1n) is 6.28. The van der Waals surface area contributed by atoms with E-state index in [0.717, 1.165) is 0 Å². The molecule has 0 unspecified atom stereocenters. The number of hydrogen-bond donors (Lipinski definition) is 0. The summed E-state index contributed by atoms with van der Waals surface area (Å²) in [5, 5.41) is 22.4. The molecule has 0 atom stereocenters. The van der Waals surface area contributed by atoms with Gasteiger partial charge in [0.15, 0.2) is 12.0 Å². The summed E-state index contributed by atoms with van der Waals surface area (Å²) in [6.45, 7) is 2.63. The van der Waals surface area contributed by atoms with Crippen molar-refractivity contribution in [1.82, 2.24) is 0 Å². The molecule has 9 heteroatoms. The quantitative estimate of drug-likeness (QED) is 0.600. The summed E-state index contributed by atoms with van der Waals surface area (Å²) in [5.41, 5.74) is -0.196. The molecule has 0 radical (unpaired) electrons. The number of benzene rings is 1. The molecule has 0 amide bonds. The molecule has 9 nitrogen and oxygen atoms in total. The van der Waals surface area contributed by atoms with Crippen LogP contribution in [0.1, 0.15) is 5.56 Å². The third kappa shape index (κ3) is 3.26. The van der Waals surface area contributed by atoms with Crippen molar-refractivity contribution in [2.45, 2.75) is 13.2 Å². The minimum absolute atomic E-state index is 0.0466. The molecule has 114 valence electrons. The van der Waals surface area contributed by atoms with Crippen LogP contribution in [0, 0.1) is 27.2 Å². The second kappa shape index (κ2) is 6.02. The van der Waals surface area contributed by atoms with E-state index in [0.29, 0.717) is 18.8 Å². The molecule has 1 saturated heterocycles. The number of nitro benzene ring substituents is 2. The maximum atomic E-state index is 11.2. The highest BCUT2D eigenvalue weighted by Gasteiger charge is 2.31. The molecule has 0 aromatic heterocycles. The number of anilines is 1. The van der Waals surface area contributed by atoms with Crippen LogP contribution < -0.4 is 4.90 Å². The summed E-state index contributed by atoms with van der Waals surface area (Å²) < 4.78 is 10.5. The maximum absolute atomic E-state index is 11.2. The van der Waals surface area contributed by atoms with Gasteiger partial charge in [0, 0.05) is 19.2 Å². The Morgan fingerprint density at radius 1 is 1.19 bits per heavy atom. The van der Waals surface area contributed by atoms with Crippen molar-refractivity contribution in [3.63, 3.8) is 0 Å². The van der Waals surface area contributed by atoms with E-state index in [1.54, 1.807) is 6.92 Å². The summed E-state index contributed by atoms with van der Waals surface area (Å²) in [4.78, 5) is 22.5. The molecule has 1 aliphatic heterocycles. The molecule has 1 aliphatic rings. The molecule has 1 heterocycles. The van der Waals surface area contributed by atoms with E-state index in [2.05, 4.69) is 0 Å². The maximum Gasteiger partial charge on any atom is 0.299 e. The minimum atomic E-state index is -0.623. The van der Waals surface area contributed by atoms with Gasteiger partial charge in [-0.1, -0.05) is 0 Å². The number of nitrogens with zero attached hydrogens (tertiary/aromatic N) is 3. The van der Waals surface area contributed by atoms with Crippen LogP contribution in [0.3, 0.4) is 0 Å². The molecule has 0 aliphatic carbocycles. The summed E-state index contributed by atoms with van der Waals surface area (Å²) in [7, 11) is 1.54. The number of rotatable bonds is 5.